The summed E-state index contributed by atoms with van der Waals surface area (Å²) in [7, 11) is 1.77. The molecule has 2 N–H and O–H groups in total. The Balaban J connectivity index is 0.00000156. The Bertz CT molecular complexity index is 417. The number of carbonyl (C=O) groups excluding carboxylic acids is 1. The first-order chi connectivity index (χ1) is 10.7. The van der Waals surface area contributed by atoms with Crippen molar-refractivity contribution in [3.63, 3.8) is 0 Å². The maximum absolute atomic E-state index is 13.3. The van der Waals surface area contributed by atoms with E-state index < -0.39 is 0 Å². The zero-order chi connectivity index (χ0) is 15.3. The fourth-order valence-corrected chi connectivity index (χ4v) is 6.26. The van der Waals surface area contributed by atoms with Crippen molar-refractivity contribution in [2.75, 3.05) is 20.2 Å². The van der Waals surface area contributed by atoms with E-state index in [0.29, 0.717) is 30.2 Å². The topological polar surface area (TPSA) is 55.6 Å². The van der Waals surface area contributed by atoms with Crippen LogP contribution in [0, 0.1) is 29.6 Å². The lowest BCUT2D eigenvalue weighted by molar-refractivity contribution is -0.154. The van der Waals surface area contributed by atoms with Crippen LogP contribution in [-0.4, -0.2) is 43.2 Å². The smallest absolute Gasteiger partial charge is 0.226 e. The number of amides is 1. The van der Waals surface area contributed by atoms with Crippen LogP contribution >= 0.6 is 12.4 Å². The van der Waals surface area contributed by atoms with Crippen LogP contribution in [0.1, 0.15) is 44.9 Å². The van der Waals surface area contributed by atoms with Crippen molar-refractivity contribution in [2.24, 2.45) is 35.3 Å². The number of ether oxygens (including phenoxy) is 1. The molecule has 5 rings (SSSR count). The summed E-state index contributed by atoms with van der Waals surface area (Å²) in [6.45, 7) is 1.40. The summed E-state index contributed by atoms with van der Waals surface area (Å²) >= 11 is 0. The van der Waals surface area contributed by atoms with Crippen molar-refractivity contribution in [3.8, 4) is 0 Å². The number of nitrogens with two attached hydrogens (primary N) is 1. The molecule has 1 amide bonds. The van der Waals surface area contributed by atoms with Gasteiger partial charge in [-0.2, -0.15) is 0 Å². The van der Waals surface area contributed by atoms with E-state index in [4.69, 9.17) is 10.5 Å². The van der Waals surface area contributed by atoms with Crippen molar-refractivity contribution in [3.05, 3.63) is 0 Å². The molecule has 0 spiro atoms. The minimum atomic E-state index is 0. The molecule has 0 aromatic heterocycles. The molecule has 0 radical (unpaired) electrons. The first kappa shape index (κ1) is 17.5. The summed E-state index contributed by atoms with van der Waals surface area (Å²) in [5.41, 5.74) is 5.97. The number of carbonyl (C=O) groups is 1. The number of nitrogens with zero attached hydrogens (tertiary/aromatic N) is 1. The maximum Gasteiger partial charge on any atom is 0.226 e. The molecule has 5 fully saturated rings. The molecule has 5 aliphatic rings. The van der Waals surface area contributed by atoms with Crippen LogP contribution in [0.15, 0.2) is 0 Å². The Hall–Kier alpha value is -0.320. The average Bonchev–Trinajstić information content (AvgIpc) is 2.53. The van der Waals surface area contributed by atoms with Gasteiger partial charge in [0.15, 0.2) is 0 Å². The van der Waals surface area contributed by atoms with Gasteiger partial charge in [0.2, 0.25) is 5.91 Å². The van der Waals surface area contributed by atoms with Gasteiger partial charge in [0.05, 0.1) is 6.10 Å². The van der Waals surface area contributed by atoms with Crippen LogP contribution < -0.4 is 5.73 Å². The van der Waals surface area contributed by atoms with Gasteiger partial charge < -0.3 is 15.4 Å². The molecule has 1 aliphatic heterocycles. The molecule has 0 aromatic carbocycles. The number of halogens is 1. The Morgan fingerprint density at radius 1 is 1.09 bits per heavy atom. The van der Waals surface area contributed by atoms with Crippen LogP contribution in [0.4, 0.5) is 0 Å². The van der Waals surface area contributed by atoms with Gasteiger partial charge in [-0.3, -0.25) is 4.79 Å². The van der Waals surface area contributed by atoms with Crippen LogP contribution in [0.2, 0.25) is 0 Å². The lowest BCUT2D eigenvalue weighted by Crippen LogP contribution is -2.57. The van der Waals surface area contributed by atoms with Crippen molar-refractivity contribution in [1.82, 2.24) is 4.90 Å². The summed E-state index contributed by atoms with van der Waals surface area (Å²) in [5, 5.41) is 0. The van der Waals surface area contributed by atoms with E-state index in [9.17, 15) is 4.79 Å². The molecule has 4 saturated carbocycles. The molecule has 23 heavy (non-hydrogen) atoms. The van der Waals surface area contributed by atoms with Gasteiger partial charge in [-0.05, 0) is 68.6 Å². The van der Waals surface area contributed by atoms with E-state index in [0.717, 1.165) is 31.2 Å². The normalized spacial score (nSPS) is 45.0. The third kappa shape index (κ3) is 3.03. The van der Waals surface area contributed by atoms with E-state index >= 15 is 0 Å². The second-order valence-electron chi connectivity index (χ2n) is 8.26. The SMILES string of the molecule is COC1CCN(C(=O)C2C3CC4CC(C3)CC2C4)C(CN)C1.Cl. The summed E-state index contributed by atoms with van der Waals surface area (Å²) in [6.07, 6.45) is 8.83. The highest BCUT2D eigenvalue weighted by Gasteiger charge is 2.52. The van der Waals surface area contributed by atoms with Gasteiger partial charge in [0, 0.05) is 32.2 Å². The molecule has 1 heterocycles. The Morgan fingerprint density at radius 3 is 2.22 bits per heavy atom. The first-order valence-corrected chi connectivity index (χ1v) is 9.23. The Kier molecular flexibility index (Phi) is 5.24. The third-order valence-electron chi connectivity index (χ3n) is 7.07. The van der Waals surface area contributed by atoms with Gasteiger partial charge in [-0.15, -0.1) is 12.4 Å². The molecule has 4 aliphatic carbocycles. The van der Waals surface area contributed by atoms with E-state index in [1.165, 1.54) is 32.1 Å². The monoisotopic (exact) mass is 342 g/mol. The highest BCUT2D eigenvalue weighted by Crippen LogP contribution is 2.57. The molecule has 4 nitrogen and oxygen atoms in total. The van der Waals surface area contributed by atoms with E-state index in [-0.39, 0.29) is 24.6 Å². The lowest BCUT2D eigenvalue weighted by atomic mass is 9.51. The fraction of sp³-hybridized carbons (Fsp3) is 0.944. The number of likely N-dealkylation sites (tertiary alicyclic amines) is 1. The predicted octanol–water partition coefficient (Wildman–Crippen LogP) is 2.45. The third-order valence-corrected chi connectivity index (χ3v) is 7.07. The molecular weight excluding hydrogens is 312 g/mol. The van der Waals surface area contributed by atoms with E-state index in [1.807, 2.05) is 0 Å². The van der Waals surface area contributed by atoms with Crippen LogP contribution in [-0.2, 0) is 9.53 Å². The summed E-state index contributed by atoms with van der Waals surface area (Å²) in [4.78, 5) is 15.4. The molecule has 2 atom stereocenters. The molecule has 1 saturated heterocycles. The number of piperidine rings is 1. The van der Waals surface area contributed by atoms with Gasteiger partial charge >= 0.3 is 0 Å². The highest BCUT2D eigenvalue weighted by molar-refractivity contribution is 5.85. The second kappa shape index (κ2) is 6.89. The van der Waals surface area contributed by atoms with Crippen molar-refractivity contribution < 1.29 is 9.53 Å². The molecule has 4 bridgehead atoms. The van der Waals surface area contributed by atoms with Crippen LogP contribution in [0.25, 0.3) is 0 Å². The minimum Gasteiger partial charge on any atom is -0.381 e. The van der Waals surface area contributed by atoms with Gasteiger partial charge in [0.1, 0.15) is 0 Å². The average molecular weight is 343 g/mol. The maximum atomic E-state index is 13.3. The summed E-state index contributed by atoms with van der Waals surface area (Å²) < 4.78 is 5.50. The standard InChI is InChI=1S/C18H30N2O2.ClH/c1-22-16-2-3-20(15(9-16)10-19)18(21)17-13-5-11-4-12(7-13)8-14(17)6-11;/h11-17H,2-10,19H2,1H3;1H. The quantitative estimate of drug-likeness (QED) is 0.857. The van der Waals surface area contributed by atoms with E-state index in [1.54, 1.807) is 7.11 Å². The predicted molar refractivity (Wildman–Crippen MR) is 92.4 cm³/mol. The zero-order valence-corrected chi connectivity index (χ0v) is 15.0. The number of hydrogen-bond donors (Lipinski definition) is 1. The highest BCUT2D eigenvalue weighted by atomic mass is 35.5. The summed E-state index contributed by atoms with van der Waals surface area (Å²) in [5.74, 6) is 3.93. The molecular formula is C18H31ClN2O2. The zero-order valence-electron chi connectivity index (χ0n) is 14.2. The Labute approximate surface area is 145 Å². The Morgan fingerprint density at radius 2 is 1.70 bits per heavy atom. The second-order valence-corrected chi connectivity index (χ2v) is 8.26. The van der Waals surface area contributed by atoms with Crippen molar-refractivity contribution in [2.45, 2.75) is 57.1 Å². The van der Waals surface area contributed by atoms with Crippen LogP contribution in [0.5, 0.6) is 0 Å². The molecule has 2 unspecified atom stereocenters. The first-order valence-electron chi connectivity index (χ1n) is 9.23. The fourth-order valence-electron chi connectivity index (χ4n) is 6.26. The molecule has 132 valence electrons. The number of hydrogen-bond acceptors (Lipinski definition) is 3. The number of methoxy groups -OCH3 is 1. The van der Waals surface area contributed by atoms with E-state index in [2.05, 4.69) is 4.90 Å². The molecule has 5 heteroatoms. The lowest BCUT2D eigenvalue weighted by Gasteiger charge is -2.55. The van der Waals surface area contributed by atoms with Crippen molar-refractivity contribution in [1.29, 1.82) is 0 Å². The largest absolute Gasteiger partial charge is 0.381 e. The van der Waals surface area contributed by atoms with Gasteiger partial charge in [-0.25, -0.2) is 0 Å². The molecule has 0 aromatic rings. The van der Waals surface area contributed by atoms with Gasteiger partial charge in [0.25, 0.3) is 0 Å². The summed E-state index contributed by atoms with van der Waals surface area (Å²) in [6, 6.07) is 0.184. The van der Waals surface area contributed by atoms with Gasteiger partial charge in [-0.1, -0.05) is 0 Å². The van der Waals surface area contributed by atoms with Crippen molar-refractivity contribution >= 4 is 18.3 Å². The minimum absolute atomic E-state index is 0. The number of rotatable bonds is 3. The van der Waals surface area contributed by atoms with Crippen LogP contribution in [0.3, 0.4) is 0 Å².